The Labute approximate surface area is 131 Å². The van der Waals surface area contributed by atoms with Gasteiger partial charge in [0.05, 0.1) is 0 Å². The first-order valence-corrected chi connectivity index (χ1v) is 7.32. The highest BCUT2D eigenvalue weighted by molar-refractivity contribution is 5.87. The molecule has 0 aliphatic rings. The fourth-order valence-corrected chi connectivity index (χ4v) is 2.70. The van der Waals surface area contributed by atoms with Gasteiger partial charge in [-0.25, -0.2) is 0 Å². The fraction of sp³-hybridized carbons (Fsp3) is 0.100. The third-order valence-corrected chi connectivity index (χ3v) is 3.80. The van der Waals surface area contributed by atoms with Gasteiger partial charge < -0.3 is 10.0 Å². The summed E-state index contributed by atoms with van der Waals surface area (Å²) in [6, 6.07) is 24.0. The van der Waals surface area contributed by atoms with Crippen LogP contribution in [0.4, 0.5) is 5.69 Å². The predicted octanol–water partition coefficient (Wildman–Crippen LogP) is 4.79. The average molecular weight is 289 g/mol. The van der Waals surface area contributed by atoms with E-state index in [1.54, 1.807) is 0 Å². The van der Waals surface area contributed by atoms with Crippen LogP contribution in [0.3, 0.4) is 0 Å². The number of nitrogens with zero attached hydrogens (tertiary/aromatic N) is 1. The van der Waals surface area contributed by atoms with Gasteiger partial charge in [0.15, 0.2) is 0 Å². The molecule has 0 atom stereocenters. The maximum absolute atomic E-state index is 10.8. The van der Waals surface area contributed by atoms with Crippen molar-refractivity contribution >= 4 is 5.69 Å². The summed E-state index contributed by atoms with van der Waals surface area (Å²) in [5.41, 5.74) is 4.84. The summed E-state index contributed by atoms with van der Waals surface area (Å²) in [6.45, 7) is 0. The normalized spacial score (nSPS) is 10.5. The quantitative estimate of drug-likeness (QED) is 0.749. The van der Waals surface area contributed by atoms with E-state index in [9.17, 15) is 5.11 Å². The van der Waals surface area contributed by atoms with Crippen LogP contribution in [-0.2, 0) is 0 Å². The Bertz CT molecular complexity index is 779. The van der Waals surface area contributed by atoms with Crippen molar-refractivity contribution < 1.29 is 5.11 Å². The fourth-order valence-electron chi connectivity index (χ4n) is 2.70. The van der Waals surface area contributed by atoms with Gasteiger partial charge in [-0.15, -0.1) is 0 Å². The molecular weight excluding hydrogens is 270 g/mol. The molecule has 0 fully saturated rings. The van der Waals surface area contributed by atoms with E-state index in [2.05, 4.69) is 11.0 Å². The standard InChI is InChI=1S/C20H19NO/c1-21(2)19-14-7-6-11-17(19)18-13-8-12-16(20(18)22)15-9-4-3-5-10-15/h3-14,22H,1-2H3. The summed E-state index contributed by atoms with van der Waals surface area (Å²) < 4.78 is 0. The Hall–Kier alpha value is -2.74. The molecule has 0 aromatic heterocycles. The Morgan fingerprint density at radius 1 is 0.636 bits per heavy atom. The van der Waals surface area contributed by atoms with Gasteiger partial charge in [-0.05, 0) is 11.6 Å². The second-order valence-electron chi connectivity index (χ2n) is 5.48. The van der Waals surface area contributed by atoms with E-state index in [1.165, 1.54) is 0 Å². The number of hydrogen-bond donors (Lipinski definition) is 1. The van der Waals surface area contributed by atoms with Crippen molar-refractivity contribution in [2.75, 3.05) is 19.0 Å². The number of rotatable bonds is 3. The summed E-state index contributed by atoms with van der Waals surface area (Å²) in [7, 11) is 4.02. The van der Waals surface area contributed by atoms with E-state index in [0.717, 1.165) is 27.9 Å². The highest BCUT2D eigenvalue weighted by Gasteiger charge is 2.13. The molecule has 0 spiro atoms. The van der Waals surface area contributed by atoms with Crippen LogP contribution in [0.2, 0.25) is 0 Å². The van der Waals surface area contributed by atoms with Crippen LogP contribution in [0.5, 0.6) is 5.75 Å². The van der Waals surface area contributed by atoms with E-state index < -0.39 is 0 Å². The van der Waals surface area contributed by atoms with E-state index >= 15 is 0 Å². The predicted molar refractivity (Wildman–Crippen MR) is 93.3 cm³/mol. The second-order valence-corrected chi connectivity index (χ2v) is 5.48. The largest absolute Gasteiger partial charge is 0.507 e. The summed E-state index contributed by atoms with van der Waals surface area (Å²) in [5, 5.41) is 10.8. The van der Waals surface area contributed by atoms with Gasteiger partial charge in [-0.3, -0.25) is 0 Å². The van der Waals surface area contributed by atoms with E-state index in [4.69, 9.17) is 0 Å². The lowest BCUT2D eigenvalue weighted by molar-refractivity contribution is 0.479. The highest BCUT2D eigenvalue weighted by Crippen LogP contribution is 2.40. The molecule has 3 aromatic rings. The van der Waals surface area contributed by atoms with Gasteiger partial charge in [0.1, 0.15) is 5.75 Å². The van der Waals surface area contributed by atoms with Gasteiger partial charge in [-0.2, -0.15) is 0 Å². The van der Waals surface area contributed by atoms with Crippen LogP contribution in [0, 0.1) is 0 Å². The Kier molecular flexibility index (Phi) is 3.84. The molecule has 3 aromatic carbocycles. The van der Waals surface area contributed by atoms with Crippen LogP contribution >= 0.6 is 0 Å². The van der Waals surface area contributed by atoms with Crippen LogP contribution in [0.25, 0.3) is 22.3 Å². The second kappa shape index (κ2) is 5.94. The van der Waals surface area contributed by atoms with Crippen molar-refractivity contribution in [3.05, 3.63) is 72.8 Å². The summed E-state index contributed by atoms with van der Waals surface area (Å²) in [5.74, 6) is 0.322. The van der Waals surface area contributed by atoms with Crippen molar-refractivity contribution in [1.82, 2.24) is 0 Å². The molecule has 2 heteroatoms. The minimum Gasteiger partial charge on any atom is -0.507 e. The first-order chi connectivity index (χ1) is 10.7. The summed E-state index contributed by atoms with van der Waals surface area (Å²) in [6.07, 6.45) is 0. The topological polar surface area (TPSA) is 23.5 Å². The smallest absolute Gasteiger partial charge is 0.131 e. The highest BCUT2D eigenvalue weighted by atomic mass is 16.3. The van der Waals surface area contributed by atoms with Gasteiger partial charge >= 0.3 is 0 Å². The number of phenols is 1. The Morgan fingerprint density at radius 3 is 1.95 bits per heavy atom. The molecule has 0 bridgehead atoms. The van der Waals surface area contributed by atoms with Crippen molar-refractivity contribution in [2.24, 2.45) is 0 Å². The minimum atomic E-state index is 0.322. The molecule has 0 amide bonds. The molecule has 2 nitrogen and oxygen atoms in total. The van der Waals surface area contributed by atoms with Crippen molar-refractivity contribution in [3.8, 4) is 28.0 Å². The van der Waals surface area contributed by atoms with Crippen LogP contribution in [0.15, 0.2) is 72.8 Å². The number of para-hydroxylation sites is 2. The molecule has 0 aliphatic carbocycles. The third-order valence-electron chi connectivity index (χ3n) is 3.80. The molecule has 22 heavy (non-hydrogen) atoms. The minimum absolute atomic E-state index is 0.322. The van der Waals surface area contributed by atoms with Crippen LogP contribution in [0.1, 0.15) is 0 Å². The zero-order valence-corrected chi connectivity index (χ0v) is 12.8. The van der Waals surface area contributed by atoms with E-state index in [0.29, 0.717) is 5.75 Å². The SMILES string of the molecule is CN(C)c1ccccc1-c1cccc(-c2ccccc2)c1O. The van der Waals surface area contributed by atoms with Gasteiger partial charge in [0.2, 0.25) is 0 Å². The maximum atomic E-state index is 10.8. The van der Waals surface area contributed by atoms with E-state index in [1.807, 2.05) is 80.8 Å². The maximum Gasteiger partial charge on any atom is 0.131 e. The molecule has 0 saturated carbocycles. The van der Waals surface area contributed by atoms with Gasteiger partial charge in [0, 0.05) is 36.5 Å². The van der Waals surface area contributed by atoms with Crippen LogP contribution in [-0.4, -0.2) is 19.2 Å². The molecular formula is C20H19NO. The van der Waals surface area contributed by atoms with Crippen molar-refractivity contribution in [3.63, 3.8) is 0 Å². The lowest BCUT2D eigenvalue weighted by Crippen LogP contribution is -2.09. The molecule has 0 aliphatic heterocycles. The molecule has 0 unspecified atom stereocenters. The molecule has 3 rings (SSSR count). The lowest BCUT2D eigenvalue weighted by atomic mass is 9.96. The van der Waals surface area contributed by atoms with Crippen molar-refractivity contribution in [1.29, 1.82) is 0 Å². The molecule has 1 N–H and O–H groups in total. The number of hydrogen-bond acceptors (Lipinski definition) is 2. The molecule has 110 valence electrons. The molecule has 0 saturated heterocycles. The summed E-state index contributed by atoms with van der Waals surface area (Å²) in [4.78, 5) is 2.06. The Balaban J connectivity index is 2.18. The molecule has 0 heterocycles. The molecule has 0 radical (unpaired) electrons. The number of aromatic hydroxyl groups is 1. The third kappa shape index (κ3) is 2.56. The number of phenolic OH excluding ortho intramolecular Hbond substituents is 1. The zero-order chi connectivity index (χ0) is 15.5. The average Bonchev–Trinajstić information content (AvgIpc) is 2.56. The van der Waals surface area contributed by atoms with Crippen LogP contribution < -0.4 is 4.90 Å². The first-order valence-electron chi connectivity index (χ1n) is 7.32. The zero-order valence-electron chi connectivity index (χ0n) is 12.8. The van der Waals surface area contributed by atoms with E-state index in [-0.39, 0.29) is 0 Å². The lowest BCUT2D eigenvalue weighted by Gasteiger charge is -2.19. The summed E-state index contributed by atoms with van der Waals surface area (Å²) >= 11 is 0. The number of anilines is 1. The monoisotopic (exact) mass is 289 g/mol. The number of benzene rings is 3. The first kappa shape index (κ1) is 14.2. The Morgan fingerprint density at radius 2 is 1.23 bits per heavy atom. The van der Waals surface area contributed by atoms with Gasteiger partial charge in [0.25, 0.3) is 0 Å². The van der Waals surface area contributed by atoms with Gasteiger partial charge in [-0.1, -0.05) is 66.7 Å². The van der Waals surface area contributed by atoms with Crippen molar-refractivity contribution in [2.45, 2.75) is 0 Å².